The van der Waals surface area contributed by atoms with Gasteiger partial charge in [0.1, 0.15) is 0 Å². The number of benzene rings is 1. The van der Waals surface area contributed by atoms with Crippen molar-refractivity contribution in [3.05, 3.63) is 29.1 Å². The lowest BCUT2D eigenvalue weighted by Crippen LogP contribution is -2.12. The van der Waals surface area contributed by atoms with Gasteiger partial charge in [-0.05, 0) is 20.0 Å². The van der Waals surface area contributed by atoms with Crippen molar-refractivity contribution in [2.75, 3.05) is 13.6 Å². The van der Waals surface area contributed by atoms with Crippen molar-refractivity contribution in [2.45, 2.75) is 6.42 Å². The van der Waals surface area contributed by atoms with E-state index in [2.05, 4.69) is 5.32 Å². The first-order valence-corrected chi connectivity index (χ1v) is 4.08. The van der Waals surface area contributed by atoms with Gasteiger partial charge in [-0.25, -0.2) is 13.2 Å². The van der Waals surface area contributed by atoms with Crippen LogP contribution in [-0.4, -0.2) is 18.7 Å². The molecule has 0 radical (unpaired) electrons. The number of nitrogens with one attached hydrogen (secondary N) is 1. The summed E-state index contributed by atoms with van der Waals surface area (Å²) >= 11 is 0. The van der Waals surface area contributed by atoms with Gasteiger partial charge in [-0.15, -0.1) is 0 Å². The van der Waals surface area contributed by atoms with E-state index in [1.807, 2.05) is 0 Å². The smallest absolute Gasteiger partial charge is 0.168 e. The molecule has 1 aromatic carbocycles. The van der Waals surface area contributed by atoms with E-state index in [4.69, 9.17) is 5.11 Å². The molecule has 0 unspecified atom stereocenters. The lowest BCUT2D eigenvalue weighted by molar-refractivity contribution is 0.402. The molecule has 2 N–H and O–H groups in total. The number of hydrogen-bond donors (Lipinski definition) is 2. The molecule has 0 saturated heterocycles. The van der Waals surface area contributed by atoms with E-state index >= 15 is 0 Å². The maximum absolute atomic E-state index is 13.0. The highest BCUT2D eigenvalue weighted by Gasteiger charge is 2.17. The van der Waals surface area contributed by atoms with E-state index in [0.717, 1.165) is 0 Å². The van der Waals surface area contributed by atoms with Gasteiger partial charge in [-0.1, -0.05) is 0 Å². The van der Waals surface area contributed by atoms with Gasteiger partial charge < -0.3 is 10.4 Å². The van der Waals surface area contributed by atoms with Crippen molar-refractivity contribution in [1.29, 1.82) is 0 Å². The Kier molecular flexibility index (Phi) is 3.35. The van der Waals surface area contributed by atoms with Gasteiger partial charge in [0, 0.05) is 11.6 Å². The Morgan fingerprint density at radius 2 is 1.93 bits per heavy atom. The van der Waals surface area contributed by atoms with Crippen molar-refractivity contribution >= 4 is 0 Å². The highest BCUT2D eigenvalue weighted by molar-refractivity contribution is 5.35. The standard InChI is InChI=1S/C9H10F3NO/c1-13-3-2-5-8(12)6(10)4-7(11)9(5)14/h4,13-14H,2-3H2,1H3. The Balaban J connectivity index is 3.11. The Morgan fingerprint density at radius 1 is 1.29 bits per heavy atom. The Hall–Kier alpha value is -1.23. The molecule has 0 aliphatic rings. The SMILES string of the molecule is CNCCc1c(O)c(F)cc(F)c1F. The molecule has 0 atom stereocenters. The number of phenolic OH excluding ortho intramolecular Hbond substituents is 1. The molecule has 5 heteroatoms. The predicted molar refractivity (Wildman–Crippen MR) is 45.6 cm³/mol. The highest BCUT2D eigenvalue weighted by atomic mass is 19.2. The van der Waals surface area contributed by atoms with E-state index in [-0.39, 0.29) is 12.0 Å². The summed E-state index contributed by atoms with van der Waals surface area (Å²) in [5, 5.41) is 11.8. The molecule has 78 valence electrons. The van der Waals surface area contributed by atoms with E-state index in [1.54, 1.807) is 7.05 Å². The quantitative estimate of drug-likeness (QED) is 0.734. The van der Waals surface area contributed by atoms with Crippen LogP contribution in [0.4, 0.5) is 13.2 Å². The van der Waals surface area contributed by atoms with Crippen LogP contribution in [0.25, 0.3) is 0 Å². The molecule has 0 aliphatic heterocycles. The zero-order valence-corrected chi connectivity index (χ0v) is 7.57. The normalized spacial score (nSPS) is 10.6. The van der Waals surface area contributed by atoms with E-state index < -0.39 is 23.2 Å². The van der Waals surface area contributed by atoms with Crippen LogP contribution < -0.4 is 5.32 Å². The Morgan fingerprint density at radius 3 is 2.50 bits per heavy atom. The maximum atomic E-state index is 13.0. The van der Waals surface area contributed by atoms with Crippen LogP contribution >= 0.6 is 0 Å². The number of rotatable bonds is 3. The maximum Gasteiger partial charge on any atom is 0.168 e. The summed E-state index contributed by atoms with van der Waals surface area (Å²) in [6, 6.07) is 0.327. The zero-order chi connectivity index (χ0) is 10.7. The second kappa shape index (κ2) is 4.32. The van der Waals surface area contributed by atoms with Gasteiger partial charge in [0.25, 0.3) is 0 Å². The third kappa shape index (κ3) is 1.98. The molecule has 0 aromatic heterocycles. The molecular formula is C9H10F3NO. The molecule has 14 heavy (non-hydrogen) atoms. The van der Waals surface area contributed by atoms with Crippen molar-refractivity contribution in [3.63, 3.8) is 0 Å². The molecule has 0 bridgehead atoms. The molecule has 0 saturated carbocycles. The average molecular weight is 205 g/mol. The predicted octanol–water partition coefficient (Wildman–Crippen LogP) is 1.57. The van der Waals surface area contributed by atoms with Gasteiger partial charge in [0.05, 0.1) is 0 Å². The minimum Gasteiger partial charge on any atom is -0.505 e. The number of halogens is 3. The molecule has 1 rings (SSSR count). The van der Waals surface area contributed by atoms with Crippen LogP contribution in [0.5, 0.6) is 5.75 Å². The number of phenols is 1. The summed E-state index contributed by atoms with van der Waals surface area (Å²) in [6.07, 6.45) is 0.0306. The van der Waals surface area contributed by atoms with Crippen molar-refractivity contribution < 1.29 is 18.3 Å². The fourth-order valence-corrected chi connectivity index (χ4v) is 1.11. The lowest BCUT2D eigenvalue weighted by atomic mass is 10.1. The molecule has 1 aromatic rings. The van der Waals surface area contributed by atoms with Crippen molar-refractivity contribution in [3.8, 4) is 5.75 Å². The monoisotopic (exact) mass is 205 g/mol. The van der Waals surface area contributed by atoms with Crippen LogP contribution in [-0.2, 0) is 6.42 Å². The third-order valence-corrected chi connectivity index (χ3v) is 1.87. The largest absolute Gasteiger partial charge is 0.505 e. The fraction of sp³-hybridized carbons (Fsp3) is 0.333. The molecule has 0 spiro atoms. The van der Waals surface area contributed by atoms with Crippen LogP contribution in [0.15, 0.2) is 6.07 Å². The fourth-order valence-electron chi connectivity index (χ4n) is 1.11. The van der Waals surface area contributed by atoms with E-state index in [9.17, 15) is 13.2 Å². The molecule has 0 heterocycles. The summed E-state index contributed by atoms with van der Waals surface area (Å²) in [6.45, 7) is 0.327. The lowest BCUT2D eigenvalue weighted by Gasteiger charge is -2.07. The van der Waals surface area contributed by atoms with E-state index in [1.165, 1.54) is 0 Å². The first-order chi connectivity index (χ1) is 6.57. The van der Waals surface area contributed by atoms with Crippen LogP contribution in [0.2, 0.25) is 0 Å². The second-order valence-electron chi connectivity index (χ2n) is 2.83. The number of likely N-dealkylation sites (N-methyl/N-ethyl adjacent to an activating group) is 1. The third-order valence-electron chi connectivity index (χ3n) is 1.87. The average Bonchev–Trinajstić information content (AvgIpc) is 2.15. The van der Waals surface area contributed by atoms with Gasteiger partial charge in [0.2, 0.25) is 0 Å². The molecule has 0 aliphatic carbocycles. The topological polar surface area (TPSA) is 32.3 Å². The molecule has 2 nitrogen and oxygen atoms in total. The summed E-state index contributed by atoms with van der Waals surface area (Å²) in [5.41, 5.74) is -0.336. The van der Waals surface area contributed by atoms with Crippen LogP contribution in [0.3, 0.4) is 0 Å². The summed E-state index contributed by atoms with van der Waals surface area (Å²) in [5.74, 6) is -4.44. The van der Waals surface area contributed by atoms with Gasteiger partial charge >= 0.3 is 0 Å². The summed E-state index contributed by atoms with van der Waals surface area (Å²) in [7, 11) is 1.62. The first-order valence-electron chi connectivity index (χ1n) is 4.08. The molecule has 0 amide bonds. The molecule has 0 fully saturated rings. The van der Waals surface area contributed by atoms with Crippen LogP contribution in [0.1, 0.15) is 5.56 Å². The van der Waals surface area contributed by atoms with E-state index in [0.29, 0.717) is 12.6 Å². The Bertz CT molecular complexity index is 315. The minimum absolute atomic E-state index is 0.0306. The second-order valence-corrected chi connectivity index (χ2v) is 2.83. The van der Waals surface area contributed by atoms with Gasteiger partial charge in [-0.2, -0.15) is 0 Å². The van der Waals surface area contributed by atoms with Gasteiger partial charge in [-0.3, -0.25) is 0 Å². The summed E-state index contributed by atoms with van der Waals surface area (Å²) in [4.78, 5) is 0. The number of aromatic hydroxyl groups is 1. The van der Waals surface area contributed by atoms with Crippen LogP contribution in [0, 0.1) is 17.5 Å². The summed E-state index contributed by atoms with van der Waals surface area (Å²) < 4.78 is 38.5. The Labute approximate surface area is 79.4 Å². The first kappa shape index (κ1) is 10.8. The van der Waals surface area contributed by atoms with Crippen molar-refractivity contribution in [2.24, 2.45) is 0 Å². The zero-order valence-electron chi connectivity index (χ0n) is 7.57. The molecular weight excluding hydrogens is 195 g/mol. The number of hydrogen-bond acceptors (Lipinski definition) is 2. The highest BCUT2D eigenvalue weighted by Crippen LogP contribution is 2.26. The minimum atomic E-state index is -1.29. The van der Waals surface area contributed by atoms with Crippen molar-refractivity contribution in [1.82, 2.24) is 5.32 Å². The van der Waals surface area contributed by atoms with Gasteiger partial charge in [0.15, 0.2) is 23.2 Å².